The standard InChI is InChI=1S/C16H22N6O2.2ClH/c1-14-3-5-15(6-4-14)20-11-9-19(10-12-20)7-2-8-21-13-17-16(18-21)22(23)24;;/h3-6,13H,2,7-12H2,1H3;2*1H. The number of aromatic nitrogens is 3. The minimum absolute atomic E-state index is 0. The Labute approximate surface area is 165 Å². The molecule has 2 heterocycles. The Balaban J connectivity index is 0.00000169. The Morgan fingerprint density at radius 1 is 1.08 bits per heavy atom. The average molecular weight is 403 g/mol. The summed E-state index contributed by atoms with van der Waals surface area (Å²) in [5, 5.41) is 14.4. The molecule has 0 spiro atoms. The zero-order chi connectivity index (χ0) is 16.9. The van der Waals surface area contributed by atoms with Crippen LogP contribution in [-0.4, -0.2) is 57.3 Å². The SMILES string of the molecule is Cc1ccc(N2CCN(CCCn3cnc([N+](=O)[O-])n3)CC2)cc1.Cl.Cl. The van der Waals surface area contributed by atoms with Gasteiger partial charge in [-0.2, -0.15) is 4.68 Å². The molecule has 1 aliphatic heterocycles. The van der Waals surface area contributed by atoms with Crippen molar-refractivity contribution in [3.05, 3.63) is 46.3 Å². The average Bonchev–Trinajstić information content (AvgIpc) is 3.06. The van der Waals surface area contributed by atoms with Crippen molar-refractivity contribution < 1.29 is 4.92 Å². The van der Waals surface area contributed by atoms with E-state index >= 15 is 0 Å². The Kier molecular flexibility index (Phi) is 8.77. The van der Waals surface area contributed by atoms with Crippen molar-refractivity contribution in [2.45, 2.75) is 19.9 Å². The zero-order valence-electron chi connectivity index (χ0n) is 14.7. The third-order valence-electron chi connectivity index (χ3n) is 4.32. The predicted molar refractivity (Wildman–Crippen MR) is 106 cm³/mol. The summed E-state index contributed by atoms with van der Waals surface area (Å²) in [6.07, 6.45) is 2.33. The molecule has 0 amide bonds. The number of benzene rings is 1. The lowest BCUT2D eigenvalue weighted by atomic mass is 10.2. The van der Waals surface area contributed by atoms with Gasteiger partial charge in [0, 0.05) is 43.5 Å². The molecule has 8 nitrogen and oxygen atoms in total. The number of hydrogen-bond donors (Lipinski definition) is 0. The predicted octanol–water partition coefficient (Wildman–Crippen LogP) is 2.55. The number of halogens is 2. The molecule has 0 aliphatic carbocycles. The van der Waals surface area contributed by atoms with Crippen LogP contribution in [0.1, 0.15) is 12.0 Å². The van der Waals surface area contributed by atoms with Crippen molar-refractivity contribution >= 4 is 36.4 Å². The van der Waals surface area contributed by atoms with Crippen LogP contribution in [0.5, 0.6) is 0 Å². The van der Waals surface area contributed by atoms with Crippen LogP contribution in [0.4, 0.5) is 11.6 Å². The monoisotopic (exact) mass is 402 g/mol. The first-order chi connectivity index (χ1) is 11.6. The molecular weight excluding hydrogens is 379 g/mol. The summed E-state index contributed by atoms with van der Waals surface area (Å²) >= 11 is 0. The Hall–Kier alpha value is -1.90. The second kappa shape index (κ2) is 10.3. The number of rotatable bonds is 6. The second-order valence-corrected chi connectivity index (χ2v) is 6.08. The van der Waals surface area contributed by atoms with Gasteiger partial charge in [0.25, 0.3) is 0 Å². The molecule has 1 aromatic heterocycles. The minimum Gasteiger partial charge on any atom is -0.390 e. The third kappa shape index (κ3) is 5.82. The first kappa shape index (κ1) is 22.1. The summed E-state index contributed by atoms with van der Waals surface area (Å²) in [7, 11) is 0. The highest BCUT2D eigenvalue weighted by molar-refractivity contribution is 5.85. The van der Waals surface area contributed by atoms with Crippen LogP contribution >= 0.6 is 24.8 Å². The van der Waals surface area contributed by atoms with Crippen LogP contribution < -0.4 is 4.90 Å². The van der Waals surface area contributed by atoms with Gasteiger partial charge in [-0.25, -0.2) is 0 Å². The molecule has 0 saturated carbocycles. The highest BCUT2D eigenvalue weighted by Crippen LogP contribution is 2.17. The molecule has 0 N–H and O–H groups in total. The number of anilines is 1. The smallest absolute Gasteiger partial charge is 0.390 e. The number of nitro groups is 1. The van der Waals surface area contributed by atoms with Crippen molar-refractivity contribution in [1.82, 2.24) is 19.7 Å². The highest BCUT2D eigenvalue weighted by atomic mass is 35.5. The molecule has 0 atom stereocenters. The summed E-state index contributed by atoms with van der Waals surface area (Å²) in [5.41, 5.74) is 2.57. The summed E-state index contributed by atoms with van der Waals surface area (Å²) in [4.78, 5) is 18.5. The molecule has 1 aromatic carbocycles. The van der Waals surface area contributed by atoms with E-state index in [1.165, 1.54) is 17.6 Å². The molecule has 1 saturated heterocycles. The maximum Gasteiger partial charge on any atom is 0.490 e. The van der Waals surface area contributed by atoms with Crippen molar-refractivity contribution in [3.63, 3.8) is 0 Å². The number of hydrogen-bond acceptors (Lipinski definition) is 6. The lowest BCUT2D eigenvalue weighted by Gasteiger charge is -2.36. The van der Waals surface area contributed by atoms with Crippen LogP contribution in [0.15, 0.2) is 30.6 Å². The van der Waals surface area contributed by atoms with Crippen molar-refractivity contribution in [2.24, 2.45) is 0 Å². The maximum atomic E-state index is 10.6. The maximum absolute atomic E-state index is 10.6. The fourth-order valence-corrected chi connectivity index (χ4v) is 2.92. The molecule has 10 heteroatoms. The van der Waals surface area contributed by atoms with E-state index in [1.807, 2.05) is 0 Å². The fraction of sp³-hybridized carbons (Fsp3) is 0.500. The largest absolute Gasteiger partial charge is 0.490 e. The number of nitrogens with zero attached hydrogens (tertiary/aromatic N) is 6. The van der Waals surface area contributed by atoms with E-state index in [2.05, 4.69) is 51.1 Å². The first-order valence-electron chi connectivity index (χ1n) is 8.19. The Bertz CT molecular complexity index is 686. The first-order valence-corrected chi connectivity index (χ1v) is 8.19. The normalized spacial score (nSPS) is 14.4. The van der Waals surface area contributed by atoms with Crippen LogP contribution in [0.2, 0.25) is 0 Å². The quantitative estimate of drug-likeness (QED) is 0.545. The van der Waals surface area contributed by atoms with Gasteiger partial charge >= 0.3 is 5.95 Å². The van der Waals surface area contributed by atoms with Gasteiger partial charge in [0.2, 0.25) is 6.33 Å². The van der Waals surface area contributed by atoms with Crippen LogP contribution in [0.25, 0.3) is 0 Å². The van der Waals surface area contributed by atoms with Crippen molar-refractivity contribution in [3.8, 4) is 0 Å². The summed E-state index contributed by atoms with van der Waals surface area (Å²) in [6.45, 7) is 7.84. The van der Waals surface area contributed by atoms with Crippen LogP contribution in [0, 0.1) is 17.0 Å². The molecule has 1 aliphatic rings. The Morgan fingerprint density at radius 3 is 2.31 bits per heavy atom. The van der Waals surface area contributed by atoms with E-state index in [0.29, 0.717) is 6.54 Å². The van der Waals surface area contributed by atoms with E-state index in [4.69, 9.17) is 0 Å². The summed E-state index contributed by atoms with van der Waals surface area (Å²) < 4.78 is 1.54. The summed E-state index contributed by atoms with van der Waals surface area (Å²) in [5.74, 6) is -0.332. The lowest BCUT2D eigenvalue weighted by molar-refractivity contribution is -0.394. The molecule has 144 valence electrons. The molecular formula is C16H24Cl2N6O2. The number of piperazine rings is 1. The van der Waals surface area contributed by atoms with Gasteiger partial charge in [-0.1, -0.05) is 22.7 Å². The van der Waals surface area contributed by atoms with Gasteiger partial charge in [0.05, 0.1) is 6.54 Å². The van der Waals surface area contributed by atoms with Crippen LogP contribution in [0.3, 0.4) is 0 Å². The topological polar surface area (TPSA) is 80.3 Å². The molecule has 2 aromatic rings. The van der Waals surface area contributed by atoms with Gasteiger partial charge in [0.1, 0.15) is 0 Å². The molecule has 0 unspecified atom stereocenters. The van der Waals surface area contributed by atoms with E-state index in [-0.39, 0.29) is 30.8 Å². The number of aryl methyl sites for hydroxylation is 2. The van der Waals surface area contributed by atoms with Gasteiger partial charge in [0.15, 0.2) is 0 Å². The van der Waals surface area contributed by atoms with E-state index < -0.39 is 4.92 Å². The van der Waals surface area contributed by atoms with E-state index in [0.717, 1.165) is 39.1 Å². The second-order valence-electron chi connectivity index (χ2n) is 6.08. The molecule has 0 bridgehead atoms. The van der Waals surface area contributed by atoms with Crippen molar-refractivity contribution in [1.29, 1.82) is 0 Å². The molecule has 3 rings (SSSR count). The van der Waals surface area contributed by atoms with Gasteiger partial charge < -0.3 is 15.0 Å². The molecule has 26 heavy (non-hydrogen) atoms. The molecule has 0 radical (unpaired) electrons. The lowest BCUT2D eigenvalue weighted by Crippen LogP contribution is -2.46. The van der Waals surface area contributed by atoms with Crippen molar-refractivity contribution in [2.75, 3.05) is 37.6 Å². The van der Waals surface area contributed by atoms with Crippen LogP contribution in [-0.2, 0) is 6.54 Å². The van der Waals surface area contributed by atoms with Gasteiger partial charge in [-0.05, 0) is 30.4 Å². The zero-order valence-corrected chi connectivity index (χ0v) is 16.3. The highest BCUT2D eigenvalue weighted by Gasteiger charge is 2.17. The molecule has 1 fully saturated rings. The van der Waals surface area contributed by atoms with E-state index in [9.17, 15) is 10.1 Å². The van der Waals surface area contributed by atoms with E-state index in [1.54, 1.807) is 4.68 Å². The van der Waals surface area contributed by atoms with Gasteiger partial charge in [-0.15, -0.1) is 24.8 Å². The summed E-state index contributed by atoms with van der Waals surface area (Å²) in [6, 6.07) is 8.67. The third-order valence-corrected chi connectivity index (χ3v) is 4.32. The fourth-order valence-electron chi connectivity index (χ4n) is 2.92. The Morgan fingerprint density at radius 2 is 1.73 bits per heavy atom. The minimum atomic E-state index is -0.569. The van der Waals surface area contributed by atoms with Gasteiger partial charge in [-0.3, -0.25) is 4.90 Å².